The minimum absolute atomic E-state index is 0.279. The van der Waals surface area contributed by atoms with Gasteiger partial charge in [-0.15, -0.1) is 0 Å². The molecule has 0 spiro atoms. The Balaban J connectivity index is 0.000000237. The summed E-state index contributed by atoms with van der Waals surface area (Å²) in [7, 11) is 1.86. The van der Waals surface area contributed by atoms with Gasteiger partial charge in [0.05, 0.1) is 5.02 Å². The van der Waals surface area contributed by atoms with E-state index in [4.69, 9.17) is 16.3 Å². The number of nitrogens with one attached hydrogen (secondary N) is 2. The lowest BCUT2D eigenvalue weighted by molar-refractivity contribution is -0.109. The molecular formula is C21H21ClFN3O2. The van der Waals surface area contributed by atoms with Crippen LogP contribution in [-0.4, -0.2) is 18.4 Å². The zero-order valence-electron chi connectivity index (χ0n) is 15.4. The van der Waals surface area contributed by atoms with Crippen LogP contribution in [-0.2, 0) is 17.9 Å². The van der Waals surface area contributed by atoms with Crippen LogP contribution >= 0.6 is 11.6 Å². The third-order valence-electron chi connectivity index (χ3n) is 3.64. The molecule has 3 rings (SSSR count). The standard InChI is InChI=1S/C14H13ClFNO.C7H8N2O/c1-17-12-5-2-10(3-6-12)9-18-14-7-4-11(16)8-13(14)15;10-6-9-5-7-2-1-3-8-4-7/h2-8,17H,9H2,1H3;1-4,6H,5H2,(H,9,10). The minimum Gasteiger partial charge on any atom is -0.487 e. The zero-order valence-corrected chi connectivity index (χ0v) is 16.1. The van der Waals surface area contributed by atoms with E-state index in [1.165, 1.54) is 18.2 Å². The first-order valence-corrected chi connectivity index (χ1v) is 8.90. The fourth-order valence-corrected chi connectivity index (χ4v) is 2.40. The Labute approximate surface area is 168 Å². The summed E-state index contributed by atoms with van der Waals surface area (Å²) in [6, 6.07) is 15.7. The summed E-state index contributed by atoms with van der Waals surface area (Å²) < 4.78 is 18.4. The largest absolute Gasteiger partial charge is 0.487 e. The second-order valence-electron chi connectivity index (χ2n) is 5.67. The van der Waals surface area contributed by atoms with E-state index in [2.05, 4.69) is 15.6 Å². The van der Waals surface area contributed by atoms with Gasteiger partial charge in [0, 0.05) is 31.7 Å². The van der Waals surface area contributed by atoms with E-state index in [9.17, 15) is 9.18 Å². The molecule has 1 amide bonds. The minimum atomic E-state index is -0.370. The first-order chi connectivity index (χ1) is 13.6. The van der Waals surface area contributed by atoms with Crippen molar-refractivity contribution in [2.75, 3.05) is 12.4 Å². The second kappa shape index (κ2) is 11.6. The average molecular weight is 402 g/mol. The molecule has 0 saturated carbocycles. The predicted octanol–water partition coefficient (Wildman–Crippen LogP) is 4.43. The van der Waals surface area contributed by atoms with E-state index in [1.54, 1.807) is 12.4 Å². The summed E-state index contributed by atoms with van der Waals surface area (Å²) in [6.07, 6.45) is 4.09. The number of amides is 1. The lowest BCUT2D eigenvalue weighted by atomic mass is 10.2. The van der Waals surface area contributed by atoms with Gasteiger partial charge in [-0.1, -0.05) is 29.8 Å². The van der Waals surface area contributed by atoms with Crippen LogP contribution in [0.2, 0.25) is 5.02 Å². The molecule has 0 bridgehead atoms. The fraction of sp³-hybridized carbons (Fsp3) is 0.143. The molecule has 3 aromatic rings. The Morgan fingerprint density at radius 2 is 1.93 bits per heavy atom. The van der Waals surface area contributed by atoms with Crippen LogP contribution in [0.1, 0.15) is 11.1 Å². The lowest BCUT2D eigenvalue weighted by Crippen LogP contribution is -2.09. The summed E-state index contributed by atoms with van der Waals surface area (Å²) in [5.74, 6) is 0.112. The monoisotopic (exact) mass is 401 g/mol. The van der Waals surface area contributed by atoms with E-state index < -0.39 is 0 Å². The highest BCUT2D eigenvalue weighted by molar-refractivity contribution is 6.32. The topological polar surface area (TPSA) is 63.2 Å². The molecule has 2 aromatic carbocycles. The van der Waals surface area contributed by atoms with Gasteiger partial charge < -0.3 is 15.4 Å². The molecule has 0 saturated heterocycles. The van der Waals surface area contributed by atoms with Crippen molar-refractivity contribution in [1.82, 2.24) is 10.3 Å². The SMILES string of the molecule is CNc1ccc(COc2ccc(F)cc2Cl)cc1.O=CNCc1cccnc1. The number of hydrogen-bond acceptors (Lipinski definition) is 4. The number of carbonyl (C=O) groups is 1. The Kier molecular flexibility index (Phi) is 8.75. The Bertz CT molecular complexity index is 861. The van der Waals surface area contributed by atoms with Crippen molar-refractivity contribution in [2.24, 2.45) is 0 Å². The summed E-state index contributed by atoms with van der Waals surface area (Å²) in [5, 5.41) is 5.86. The maximum atomic E-state index is 12.8. The summed E-state index contributed by atoms with van der Waals surface area (Å²) in [4.78, 5) is 13.7. The third kappa shape index (κ3) is 7.25. The van der Waals surface area contributed by atoms with Crippen molar-refractivity contribution < 1.29 is 13.9 Å². The number of aromatic nitrogens is 1. The van der Waals surface area contributed by atoms with Crippen LogP contribution in [0.25, 0.3) is 0 Å². The van der Waals surface area contributed by atoms with E-state index >= 15 is 0 Å². The Hall–Kier alpha value is -3.12. The van der Waals surface area contributed by atoms with Crippen molar-refractivity contribution in [2.45, 2.75) is 13.2 Å². The van der Waals surface area contributed by atoms with Crippen LogP contribution in [0.5, 0.6) is 5.75 Å². The van der Waals surface area contributed by atoms with E-state index in [0.29, 0.717) is 25.3 Å². The van der Waals surface area contributed by atoms with Gasteiger partial charge in [0.2, 0.25) is 6.41 Å². The lowest BCUT2D eigenvalue weighted by Gasteiger charge is -2.08. The first-order valence-electron chi connectivity index (χ1n) is 8.53. The molecule has 0 radical (unpaired) electrons. The predicted molar refractivity (Wildman–Crippen MR) is 109 cm³/mol. The van der Waals surface area contributed by atoms with Crippen LogP contribution in [0, 0.1) is 5.82 Å². The number of benzene rings is 2. The maximum Gasteiger partial charge on any atom is 0.207 e. The van der Waals surface area contributed by atoms with Crippen molar-refractivity contribution in [3.8, 4) is 5.75 Å². The number of rotatable bonds is 7. The molecule has 1 aromatic heterocycles. The highest BCUT2D eigenvalue weighted by atomic mass is 35.5. The molecule has 0 aliphatic carbocycles. The quantitative estimate of drug-likeness (QED) is 0.575. The van der Waals surface area contributed by atoms with Gasteiger partial charge in [-0.3, -0.25) is 9.78 Å². The van der Waals surface area contributed by atoms with Crippen LogP contribution in [0.15, 0.2) is 67.0 Å². The molecule has 0 fully saturated rings. The maximum absolute atomic E-state index is 12.8. The number of hydrogen-bond donors (Lipinski definition) is 2. The fourth-order valence-electron chi connectivity index (χ4n) is 2.18. The summed E-state index contributed by atoms with van der Waals surface area (Å²) >= 11 is 5.87. The van der Waals surface area contributed by atoms with Crippen LogP contribution in [0.3, 0.4) is 0 Å². The molecule has 0 unspecified atom stereocenters. The molecule has 146 valence electrons. The highest BCUT2D eigenvalue weighted by Crippen LogP contribution is 2.25. The van der Waals surface area contributed by atoms with Crippen molar-refractivity contribution in [3.05, 3.63) is 89.0 Å². The molecule has 2 N–H and O–H groups in total. The van der Waals surface area contributed by atoms with E-state index in [1.807, 2.05) is 43.4 Å². The van der Waals surface area contributed by atoms with Gasteiger partial charge in [-0.2, -0.15) is 0 Å². The van der Waals surface area contributed by atoms with Crippen LogP contribution < -0.4 is 15.4 Å². The van der Waals surface area contributed by atoms with Crippen LogP contribution in [0.4, 0.5) is 10.1 Å². The van der Waals surface area contributed by atoms with Gasteiger partial charge in [0.15, 0.2) is 0 Å². The van der Waals surface area contributed by atoms with Crippen molar-refractivity contribution >= 4 is 23.7 Å². The Morgan fingerprint density at radius 1 is 1.14 bits per heavy atom. The molecule has 0 aliphatic heterocycles. The Morgan fingerprint density at radius 3 is 2.54 bits per heavy atom. The molecule has 1 heterocycles. The number of anilines is 1. The van der Waals surface area contributed by atoms with Gasteiger partial charge in [0.1, 0.15) is 18.2 Å². The second-order valence-corrected chi connectivity index (χ2v) is 6.08. The number of ether oxygens (including phenoxy) is 1. The summed E-state index contributed by atoms with van der Waals surface area (Å²) in [6.45, 7) is 0.951. The third-order valence-corrected chi connectivity index (χ3v) is 3.94. The van der Waals surface area contributed by atoms with E-state index in [0.717, 1.165) is 16.8 Å². The zero-order chi connectivity index (χ0) is 20.2. The number of halogens is 2. The number of carbonyl (C=O) groups excluding carboxylic acids is 1. The first kappa shape index (κ1) is 21.2. The molecular weight excluding hydrogens is 381 g/mol. The smallest absolute Gasteiger partial charge is 0.207 e. The van der Waals surface area contributed by atoms with Gasteiger partial charge in [0.25, 0.3) is 0 Å². The molecule has 5 nitrogen and oxygen atoms in total. The highest BCUT2D eigenvalue weighted by Gasteiger charge is 2.03. The van der Waals surface area contributed by atoms with E-state index in [-0.39, 0.29) is 10.8 Å². The normalized spacial score (nSPS) is 9.68. The number of pyridine rings is 1. The molecule has 7 heteroatoms. The molecule has 28 heavy (non-hydrogen) atoms. The van der Waals surface area contributed by atoms with Gasteiger partial charge in [-0.25, -0.2) is 4.39 Å². The van der Waals surface area contributed by atoms with Gasteiger partial charge >= 0.3 is 0 Å². The van der Waals surface area contributed by atoms with Gasteiger partial charge in [-0.05, 0) is 47.5 Å². The molecule has 0 aliphatic rings. The van der Waals surface area contributed by atoms with Crippen molar-refractivity contribution in [1.29, 1.82) is 0 Å². The number of nitrogens with zero attached hydrogens (tertiary/aromatic N) is 1. The molecule has 0 atom stereocenters. The average Bonchev–Trinajstić information content (AvgIpc) is 2.73. The van der Waals surface area contributed by atoms with Crippen molar-refractivity contribution in [3.63, 3.8) is 0 Å². The summed E-state index contributed by atoms with van der Waals surface area (Å²) in [5.41, 5.74) is 3.07.